The summed E-state index contributed by atoms with van der Waals surface area (Å²) in [7, 11) is -0.367. The Labute approximate surface area is 200 Å². The second-order valence-corrected chi connectivity index (χ2v) is 16.4. The maximum absolute atomic E-state index is 2.88. The highest BCUT2D eigenvalue weighted by Gasteiger charge is 2.46. The Morgan fingerprint density at radius 1 is 0.875 bits per heavy atom. The van der Waals surface area contributed by atoms with Gasteiger partial charge in [0.2, 0.25) is 0 Å². The van der Waals surface area contributed by atoms with E-state index in [1.165, 1.54) is 24.0 Å². The SMILES string of the molecule is CC(C)(C)c1ccc2c(c1)C(C)(C)C1=CC3C(C=C12)CCC3[SiH2]N(C(C)(C)C)C(C)(C)C. The first-order valence-electron chi connectivity index (χ1n) is 12.9. The summed E-state index contributed by atoms with van der Waals surface area (Å²) in [6.07, 6.45) is 8.23. The second kappa shape index (κ2) is 7.44. The zero-order valence-electron chi connectivity index (χ0n) is 22.7. The summed E-state index contributed by atoms with van der Waals surface area (Å²) >= 11 is 0. The van der Waals surface area contributed by atoms with Crippen molar-refractivity contribution < 1.29 is 0 Å². The van der Waals surface area contributed by atoms with Gasteiger partial charge < -0.3 is 4.57 Å². The molecule has 3 unspecified atom stereocenters. The van der Waals surface area contributed by atoms with Crippen molar-refractivity contribution in [2.45, 2.75) is 116 Å². The van der Waals surface area contributed by atoms with Crippen LogP contribution >= 0.6 is 0 Å². The van der Waals surface area contributed by atoms with E-state index in [9.17, 15) is 0 Å². The first-order valence-corrected chi connectivity index (χ1v) is 14.3. The largest absolute Gasteiger partial charge is 0.320 e. The van der Waals surface area contributed by atoms with Crippen LogP contribution in [0.25, 0.3) is 5.57 Å². The molecule has 2 heteroatoms. The van der Waals surface area contributed by atoms with Crippen LogP contribution in [0, 0.1) is 11.8 Å². The van der Waals surface area contributed by atoms with E-state index in [0.29, 0.717) is 0 Å². The van der Waals surface area contributed by atoms with E-state index >= 15 is 0 Å². The molecule has 3 aliphatic rings. The molecule has 0 aliphatic heterocycles. The van der Waals surface area contributed by atoms with Gasteiger partial charge in [0.1, 0.15) is 0 Å². The molecule has 0 aromatic heterocycles. The summed E-state index contributed by atoms with van der Waals surface area (Å²) in [5.41, 5.74) is 9.34. The van der Waals surface area contributed by atoms with Gasteiger partial charge in [0.25, 0.3) is 0 Å². The molecule has 0 bridgehead atoms. The molecule has 0 heterocycles. The van der Waals surface area contributed by atoms with Crippen LogP contribution in [0.2, 0.25) is 5.54 Å². The van der Waals surface area contributed by atoms with Crippen molar-refractivity contribution >= 4 is 15.3 Å². The van der Waals surface area contributed by atoms with Gasteiger partial charge in [-0.25, -0.2) is 0 Å². The lowest BCUT2D eigenvalue weighted by Gasteiger charge is -2.47. The molecule has 0 spiro atoms. The van der Waals surface area contributed by atoms with Gasteiger partial charge in [0.05, 0.1) is 9.68 Å². The van der Waals surface area contributed by atoms with E-state index < -0.39 is 0 Å². The third-order valence-corrected chi connectivity index (χ3v) is 12.2. The van der Waals surface area contributed by atoms with Crippen LogP contribution in [0.4, 0.5) is 0 Å². The van der Waals surface area contributed by atoms with Crippen molar-refractivity contribution in [3.63, 3.8) is 0 Å². The van der Waals surface area contributed by atoms with Crippen LogP contribution in [0.15, 0.2) is 35.9 Å². The predicted octanol–water partition coefficient (Wildman–Crippen LogP) is 7.40. The fraction of sp³-hybridized carbons (Fsp3) is 0.667. The zero-order valence-corrected chi connectivity index (χ0v) is 24.1. The number of benzene rings is 1. The summed E-state index contributed by atoms with van der Waals surface area (Å²) in [4.78, 5) is 0. The minimum Gasteiger partial charge on any atom is -0.320 e. The number of hydrogen-bond donors (Lipinski definition) is 0. The minimum atomic E-state index is -0.367. The molecule has 0 saturated heterocycles. The standard InChI is InChI=1S/C30H47NSi/c1-27(2,3)20-13-14-21-23-16-19-12-15-26(32-31(28(4,5)6)29(7,8)9)22(19)18-25(23)30(10,11)24(21)17-20/h13-14,16-19,22,26H,12,15,32H2,1-11H3. The van der Waals surface area contributed by atoms with E-state index in [-0.39, 0.29) is 31.6 Å². The third kappa shape index (κ3) is 4.00. The highest BCUT2D eigenvalue weighted by molar-refractivity contribution is 6.35. The molecule has 4 rings (SSSR count). The zero-order chi connectivity index (χ0) is 23.9. The predicted molar refractivity (Wildman–Crippen MR) is 144 cm³/mol. The summed E-state index contributed by atoms with van der Waals surface area (Å²) in [5, 5.41) is 0. The van der Waals surface area contributed by atoms with Gasteiger partial charge >= 0.3 is 0 Å². The quantitative estimate of drug-likeness (QED) is 0.425. The molecule has 176 valence electrons. The first-order chi connectivity index (χ1) is 14.5. The molecule has 1 fully saturated rings. The van der Waals surface area contributed by atoms with Crippen LogP contribution in [0.1, 0.15) is 106 Å². The molecular formula is C30H47NSi. The Hall–Kier alpha value is -1.12. The van der Waals surface area contributed by atoms with Gasteiger partial charge in [-0.15, -0.1) is 0 Å². The smallest absolute Gasteiger partial charge is 0.1000 e. The molecular weight excluding hydrogens is 402 g/mol. The second-order valence-electron chi connectivity index (χ2n) is 14.3. The third-order valence-electron chi connectivity index (χ3n) is 8.50. The lowest BCUT2D eigenvalue weighted by Crippen LogP contribution is -2.55. The molecule has 0 amide bonds. The van der Waals surface area contributed by atoms with Crippen LogP contribution in [-0.4, -0.2) is 25.3 Å². The van der Waals surface area contributed by atoms with Gasteiger partial charge in [-0.3, -0.25) is 0 Å². The molecule has 3 atom stereocenters. The fourth-order valence-electron chi connectivity index (χ4n) is 6.87. The van der Waals surface area contributed by atoms with Gasteiger partial charge in [-0.2, -0.15) is 0 Å². The average Bonchev–Trinajstić information content (AvgIpc) is 3.12. The molecule has 0 radical (unpaired) electrons. The summed E-state index contributed by atoms with van der Waals surface area (Å²) < 4.78 is 2.88. The Balaban J connectivity index is 1.69. The number of hydrogen-bond acceptors (Lipinski definition) is 1. The number of rotatable bonds is 2. The van der Waals surface area contributed by atoms with E-state index in [2.05, 4.69) is 111 Å². The van der Waals surface area contributed by atoms with Crippen LogP contribution in [0.5, 0.6) is 0 Å². The highest BCUT2D eigenvalue weighted by Crippen LogP contribution is 2.57. The van der Waals surface area contributed by atoms with Crippen molar-refractivity contribution in [3.8, 4) is 0 Å². The monoisotopic (exact) mass is 449 g/mol. The first kappa shape index (κ1) is 24.0. The normalized spacial score (nSPS) is 27.4. The van der Waals surface area contributed by atoms with Crippen molar-refractivity contribution in [2.24, 2.45) is 11.8 Å². The van der Waals surface area contributed by atoms with Crippen molar-refractivity contribution in [2.75, 3.05) is 0 Å². The maximum atomic E-state index is 2.88. The van der Waals surface area contributed by atoms with Crippen molar-refractivity contribution in [1.29, 1.82) is 0 Å². The molecule has 1 saturated carbocycles. The van der Waals surface area contributed by atoms with Crippen molar-refractivity contribution in [1.82, 2.24) is 4.57 Å². The topological polar surface area (TPSA) is 3.24 Å². The van der Waals surface area contributed by atoms with Gasteiger partial charge in [-0.1, -0.05) is 71.4 Å². The Bertz CT molecular complexity index is 944. The van der Waals surface area contributed by atoms with E-state index in [1.54, 1.807) is 16.7 Å². The summed E-state index contributed by atoms with van der Waals surface area (Å²) in [6.45, 7) is 26.4. The highest BCUT2D eigenvalue weighted by atomic mass is 28.2. The molecule has 1 nitrogen and oxygen atoms in total. The lowest BCUT2D eigenvalue weighted by atomic mass is 9.75. The van der Waals surface area contributed by atoms with Crippen LogP contribution in [0.3, 0.4) is 0 Å². The lowest BCUT2D eigenvalue weighted by molar-refractivity contribution is 0.136. The fourth-order valence-corrected chi connectivity index (χ4v) is 9.58. The Morgan fingerprint density at radius 3 is 2.06 bits per heavy atom. The van der Waals surface area contributed by atoms with E-state index in [4.69, 9.17) is 0 Å². The number of nitrogens with zero attached hydrogens (tertiary/aromatic N) is 1. The average molecular weight is 450 g/mol. The Kier molecular flexibility index (Phi) is 5.58. The van der Waals surface area contributed by atoms with Crippen LogP contribution in [-0.2, 0) is 10.8 Å². The molecule has 3 aliphatic carbocycles. The summed E-state index contributed by atoms with van der Waals surface area (Å²) in [5.74, 6) is 1.47. The minimum absolute atomic E-state index is 0.107. The molecule has 0 N–H and O–H groups in total. The summed E-state index contributed by atoms with van der Waals surface area (Å²) in [6, 6.07) is 7.31. The van der Waals surface area contributed by atoms with Gasteiger partial charge in [0, 0.05) is 16.5 Å². The molecule has 1 aromatic carbocycles. The number of allylic oxidation sites excluding steroid dienone is 4. The molecule has 32 heavy (non-hydrogen) atoms. The maximum Gasteiger partial charge on any atom is 0.1000 e. The van der Waals surface area contributed by atoms with E-state index in [0.717, 1.165) is 17.4 Å². The van der Waals surface area contributed by atoms with E-state index in [1.807, 2.05) is 0 Å². The van der Waals surface area contributed by atoms with Gasteiger partial charge in [-0.05, 0) is 98.6 Å². The molecule has 1 aromatic rings. The number of fused-ring (bicyclic) bond motifs is 4. The Morgan fingerprint density at radius 2 is 1.50 bits per heavy atom. The van der Waals surface area contributed by atoms with Gasteiger partial charge in [0.15, 0.2) is 0 Å². The van der Waals surface area contributed by atoms with Crippen molar-refractivity contribution in [3.05, 3.63) is 52.6 Å². The van der Waals surface area contributed by atoms with Crippen LogP contribution < -0.4 is 0 Å².